The maximum absolute atomic E-state index is 3.87. The summed E-state index contributed by atoms with van der Waals surface area (Å²) >= 11 is 3.28. The first-order valence-corrected chi connectivity index (χ1v) is 2.88. The minimum absolute atomic E-state index is 0.220. The van der Waals surface area contributed by atoms with Gasteiger partial charge in [-0.25, -0.2) is 0 Å². The van der Waals surface area contributed by atoms with Crippen LogP contribution in [0, 0.1) is 6.54 Å². The lowest BCUT2D eigenvalue weighted by molar-refractivity contribution is 0.459. The van der Waals surface area contributed by atoms with E-state index in [-0.39, 0.29) is 4.83 Å². The van der Waals surface area contributed by atoms with Crippen LogP contribution in [-0.4, -0.2) is 23.1 Å². The maximum Gasteiger partial charge on any atom is 0.132 e. The normalized spacial score (nSPS) is 29.4. The molecular formula is C4H5BrN2. The van der Waals surface area contributed by atoms with Crippen LogP contribution >= 0.6 is 15.9 Å². The monoisotopic (exact) mass is 160 g/mol. The third-order valence-corrected chi connectivity index (χ3v) is 1.12. The summed E-state index contributed by atoms with van der Waals surface area (Å²) in [7, 11) is 1.84. The quantitative estimate of drug-likeness (QED) is 0.478. The summed E-state index contributed by atoms with van der Waals surface area (Å²) < 4.78 is 0. The Morgan fingerprint density at radius 3 is 2.86 bits per heavy atom. The topological polar surface area (TPSA) is 15.6 Å². The number of nitrogens with zero attached hydrogens (tertiary/aromatic N) is 2. The fourth-order valence-corrected chi connectivity index (χ4v) is 0.806. The van der Waals surface area contributed by atoms with Crippen molar-refractivity contribution < 1.29 is 0 Å². The standard InChI is InChI=1S/C4H5BrN2/c1-7-3-4(5)2-6-7/h2,4H,1H3. The average molecular weight is 161 g/mol. The average Bonchev–Trinajstić information content (AvgIpc) is 1.87. The molecule has 0 bridgehead atoms. The van der Waals surface area contributed by atoms with Gasteiger partial charge in [-0.3, -0.25) is 5.01 Å². The third kappa shape index (κ3) is 1.16. The molecule has 0 aromatic rings. The molecule has 2 radical (unpaired) electrons. The molecule has 0 aliphatic carbocycles. The van der Waals surface area contributed by atoms with Gasteiger partial charge in [0.05, 0.1) is 4.83 Å². The van der Waals surface area contributed by atoms with Gasteiger partial charge in [0.2, 0.25) is 0 Å². The predicted molar refractivity (Wildman–Crippen MR) is 32.2 cm³/mol. The van der Waals surface area contributed by atoms with Crippen LogP contribution in [0.3, 0.4) is 0 Å². The number of hydrogen-bond acceptors (Lipinski definition) is 2. The molecule has 1 aliphatic heterocycles. The van der Waals surface area contributed by atoms with E-state index in [0.717, 1.165) is 0 Å². The highest BCUT2D eigenvalue weighted by Gasteiger charge is 2.10. The van der Waals surface area contributed by atoms with E-state index in [1.807, 2.05) is 7.05 Å². The van der Waals surface area contributed by atoms with Gasteiger partial charge in [-0.05, 0) is 0 Å². The number of hydrogen-bond donors (Lipinski definition) is 0. The molecule has 0 saturated heterocycles. The minimum atomic E-state index is 0.220. The molecule has 1 rings (SSSR count). The first-order valence-electron chi connectivity index (χ1n) is 1.97. The molecule has 0 spiro atoms. The highest BCUT2D eigenvalue weighted by atomic mass is 79.9. The second kappa shape index (κ2) is 1.82. The van der Waals surface area contributed by atoms with Crippen molar-refractivity contribution in [1.82, 2.24) is 5.01 Å². The smallest absolute Gasteiger partial charge is 0.132 e. The van der Waals surface area contributed by atoms with E-state index in [4.69, 9.17) is 0 Å². The Hall–Kier alpha value is -0.0500. The first-order chi connectivity index (χ1) is 3.29. The Morgan fingerprint density at radius 1 is 2.00 bits per heavy atom. The van der Waals surface area contributed by atoms with Gasteiger partial charge < -0.3 is 0 Å². The Balaban J connectivity index is 2.42. The van der Waals surface area contributed by atoms with Crippen LogP contribution in [0.1, 0.15) is 0 Å². The van der Waals surface area contributed by atoms with Crippen LogP contribution in [0.25, 0.3) is 0 Å². The van der Waals surface area contributed by atoms with Crippen molar-refractivity contribution in [1.29, 1.82) is 0 Å². The van der Waals surface area contributed by atoms with Crippen molar-refractivity contribution in [2.24, 2.45) is 5.10 Å². The van der Waals surface area contributed by atoms with E-state index >= 15 is 0 Å². The molecule has 0 fully saturated rings. The van der Waals surface area contributed by atoms with Gasteiger partial charge in [0.25, 0.3) is 0 Å². The molecule has 2 nitrogen and oxygen atoms in total. The van der Waals surface area contributed by atoms with Crippen LogP contribution in [0.15, 0.2) is 5.10 Å². The fourth-order valence-electron chi connectivity index (χ4n) is 0.404. The van der Waals surface area contributed by atoms with Crippen molar-refractivity contribution in [3.8, 4) is 0 Å². The highest BCUT2D eigenvalue weighted by molar-refractivity contribution is 9.10. The molecule has 1 atom stereocenters. The maximum atomic E-state index is 3.87. The molecule has 0 aromatic heterocycles. The van der Waals surface area contributed by atoms with E-state index in [1.165, 1.54) is 0 Å². The van der Waals surface area contributed by atoms with Crippen LogP contribution < -0.4 is 0 Å². The Labute approximate surface area is 51.3 Å². The zero-order chi connectivity index (χ0) is 5.28. The molecule has 0 N–H and O–H groups in total. The SMILES string of the molecule is CN1[C]C(Br)C=N1. The number of rotatable bonds is 0. The zero-order valence-electron chi connectivity index (χ0n) is 3.93. The van der Waals surface area contributed by atoms with Crippen LogP contribution in [0.4, 0.5) is 0 Å². The highest BCUT2D eigenvalue weighted by Crippen LogP contribution is 2.09. The lowest BCUT2D eigenvalue weighted by Crippen LogP contribution is -2.04. The van der Waals surface area contributed by atoms with E-state index in [0.29, 0.717) is 0 Å². The molecule has 3 heteroatoms. The first kappa shape index (κ1) is 5.09. The zero-order valence-corrected chi connectivity index (χ0v) is 5.51. The molecule has 38 valence electrons. The summed E-state index contributed by atoms with van der Waals surface area (Å²) in [4.78, 5) is 0.220. The van der Waals surface area contributed by atoms with Gasteiger partial charge in [-0.15, -0.1) is 0 Å². The van der Waals surface area contributed by atoms with Gasteiger partial charge in [0.15, 0.2) is 0 Å². The van der Waals surface area contributed by atoms with Gasteiger partial charge in [0, 0.05) is 13.3 Å². The van der Waals surface area contributed by atoms with Crippen LogP contribution in [0.2, 0.25) is 0 Å². The van der Waals surface area contributed by atoms with Gasteiger partial charge >= 0.3 is 0 Å². The fraction of sp³-hybridized carbons (Fsp3) is 0.500. The van der Waals surface area contributed by atoms with Crippen LogP contribution in [-0.2, 0) is 0 Å². The largest absolute Gasteiger partial charge is 0.288 e. The molecule has 0 saturated carbocycles. The van der Waals surface area contributed by atoms with Crippen molar-refractivity contribution in [3.63, 3.8) is 0 Å². The van der Waals surface area contributed by atoms with Crippen molar-refractivity contribution in [3.05, 3.63) is 6.54 Å². The summed E-state index contributed by atoms with van der Waals surface area (Å²) in [6.07, 6.45) is 1.78. The van der Waals surface area contributed by atoms with Crippen LogP contribution in [0.5, 0.6) is 0 Å². The predicted octanol–water partition coefficient (Wildman–Crippen LogP) is 0.720. The number of hydrazone groups is 1. The van der Waals surface area contributed by atoms with E-state index in [1.54, 1.807) is 11.2 Å². The lowest BCUT2D eigenvalue weighted by Gasteiger charge is -2.00. The second-order valence-electron chi connectivity index (χ2n) is 1.32. The summed E-state index contributed by atoms with van der Waals surface area (Å²) in [5, 5.41) is 5.52. The van der Waals surface area contributed by atoms with E-state index in [9.17, 15) is 0 Å². The van der Waals surface area contributed by atoms with E-state index < -0.39 is 0 Å². The Kier molecular flexibility index (Phi) is 1.32. The van der Waals surface area contributed by atoms with Gasteiger partial charge in [-0.2, -0.15) is 5.10 Å². The summed E-state index contributed by atoms with van der Waals surface area (Å²) in [6.45, 7) is 2.94. The minimum Gasteiger partial charge on any atom is -0.288 e. The summed E-state index contributed by atoms with van der Waals surface area (Å²) in [5.74, 6) is 0. The molecule has 1 aliphatic rings. The number of alkyl halides is 1. The molecule has 0 amide bonds. The van der Waals surface area contributed by atoms with Gasteiger partial charge in [0.1, 0.15) is 6.54 Å². The van der Waals surface area contributed by atoms with Crippen molar-refractivity contribution in [2.75, 3.05) is 7.05 Å². The van der Waals surface area contributed by atoms with Crippen molar-refractivity contribution >= 4 is 22.1 Å². The Bertz CT molecular complexity index is 81.7. The molecule has 1 heterocycles. The van der Waals surface area contributed by atoms with E-state index in [2.05, 4.69) is 27.6 Å². The summed E-state index contributed by atoms with van der Waals surface area (Å²) in [5.41, 5.74) is 0. The Morgan fingerprint density at radius 2 is 2.71 bits per heavy atom. The molecule has 7 heavy (non-hydrogen) atoms. The summed E-state index contributed by atoms with van der Waals surface area (Å²) in [6, 6.07) is 0. The second-order valence-corrected chi connectivity index (χ2v) is 2.31. The number of halogens is 1. The molecule has 0 aromatic carbocycles. The lowest BCUT2D eigenvalue weighted by atomic mass is 10.5. The van der Waals surface area contributed by atoms with Gasteiger partial charge in [-0.1, -0.05) is 15.9 Å². The van der Waals surface area contributed by atoms with Crippen molar-refractivity contribution in [2.45, 2.75) is 4.83 Å². The molecular weight excluding hydrogens is 156 g/mol. The third-order valence-electron chi connectivity index (χ3n) is 0.681. The molecule has 1 unspecified atom stereocenters.